The first-order chi connectivity index (χ1) is 9.32. The summed E-state index contributed by atoms with van der Waals surface area (Å²) in [5, 5.41) is 9.99. The van der Waals surface area contributed by atoms with Crippen LogP contribution >= 0.6 is 23.2 Å². The smallest absolute Gasteiger partial charge is 0.309 e. The van der Waals surface area contributed by atoms with Gasteiger partial charge in [0.25, 0.3) is 5.91 Å². The van der Waals surface area contributed by atoms with Gasteiger partial charge in [0.15, 0.2) is 0 Å². The molecule has 2 rings (SSSR count). The van der Waals surface area contributed by atoms with E-state index in [4.69, 9.17) is 23.2 Å². The van der Waals surface area contributed by atoms with Gasteiger partial charge in [0.05, 0.1) is 5.41 Å². The highest BCUT2D eigenvalue weighted by molar-refractivity contribution is 6.35. The van der Waals surface area contributed by atoms with Gasteiger partial charge in [-0.25, -0.2) is 0 Å². The number of hydrogen-bond donors (Lipinski definition) is 1. The predicted molar refractivity (Wildman–Crippen MR) is 77.3 cm³/mol. The van der Waals surface area contributed by atoms with E-state index in [9.17, 15) is 14.7 Å². The predicted octanol–water partition coefficient (Wildman–Crippen LogP) is 3.32. The van der Waals surface area contributed by atoms with E-state index in [1.807, 2.05) is 0 Å². The van der Waals surface area contributed by atoms with Crippen molar-refractivity contribution >= 4 is 35.1 Å². The Morgan fingerprint density at radius 1 is 1.15 bits per heavy atom. The minimum atomic E-state index is -0.810. The Hall–Kier alpha value is -1.26. The molecule has 1 fully saturated rings. The van der Waals surface area contributed by atoms with Crippen molar-refractivity contribution in [1.29, 1.82) is 0 Å². The van der Waals surface area contributed by atoms with Gasteiger partial charge >= 0.3 is 5.97 Å². The van der Waals surface area contributed by atoms with Crippen molar-refractivity contribution in [3.05, 3.63) is 33.8 Å². The van der Waals surface area contributed by atoms with E-state index >= 15 is 0 Å². The van der Waals surface area contributed by atoms with Crippen LogP contribution in [0.1, 0.15) is 30.1 Å². The van der Waals surface area contributed by atoms with Crippen molar-refractivity contribution in [1.82, 2.24) is 4.90 Å². The first kappa shape index (κ1) is 15.1. The molecule has 20 heavy (non-hydrogen) atoms. The highest BCUT2D eigenvalue weighted by Gasteiger charge is 2.38. The summed E-state index contributed by atoms with van der Waals surface area (Å²) in [5.41, 5.74) is -0.315. The van der Waals surface area contributed by atoms with Crippen molar-refractivity contribution < 1.29 is 14.7 Å². The summed E-state index contributed by atoms with van der Waals surface area (Å²) in [6.45, 7) is 2.56. The molecule has 1 aromatic carbocycles. The lowest BCUT2D eigenvalue weighted by atomic mass is 9.80. The molecular weight excluding hydrogens is 301 g/mol. The monoisotopic (exact) mass is 315 g/mol. The molecule has 6 heteroatoms. The fourth-order valence-corrected chi connectivity index (χ4v) is 2.80. The van der Waals surface area contributed by atoms with Crippen molar-refractivity contribution in [2.75, 3.05) is 13.1 Å². The first-order valence-corrected chi connectivity index (χ1v) is 7.06. The normalized spacial score (nSPS) is 17.9. The third-order valence-electron chi connectivity index (χ3n) is 3.78. The molecule has 1 heterocycles. The molecule has 0 spiro atoms. The van der Waals surface area contributed by atoms with E-state index in [0.717, 1.165) is 0 Å². The van der Waals surface area contributed by atoms with Crippen LogP contribution in [0, 0.1) is 5.41 Å². The number of halogens is 2. The molecule has 1 saturated heterocycles. The molecule has 1 amide bonds. The van der Waals surface area contributed by atoms with Crippen LogP contribution in [0.4, 0.5) is 0 Å². The van der Waals surface area contributed by atoms with Crippen LogP contribution in [-0.2, 0) is 4.79 Å². The summed E-state index contributed by atoms with van der Waals surface area (Å²) in [5.74, 6) is -0.975. The lowest BCUT2D eigenvalue weighted by molar-refractivity contribution is -0.150. The quantitative estimate of drug-likeness (QED) is 0.910. The largest absolute Gasteiger partial charge is 0.481 e. The van der Waals surface area contributed by atoms with Gasteiger partial charge < -0.3 is 10.0 Å². The van der Waals surface area contributed by atoms with Gasteiger partial charge in [-0.3, -0.25) is 9.59 Å². The number of piperidine rings is 1. The molecule has 0 unspecified atom stereocenters. The second-order valence-corrected chi connectivity index (χ2v) is 6.19. The molecule has 1 aromatic rings. The van der Waals surface area contributed by atoms with E-state index in [1.54, 1.807) is 30.0 Å². The van der Waals surface area contributed by atoms with Crippen LogP contribution in [0.15, 0.2) is 18.2 Å². The van der Waals surface area contributed by atoms with Crippen LogP contribution in [0.2, 0.25) is 10.0 Å². The van der Waals surface area contributed by atoms with Gasteiger partial charge in [-0.1, -0.05) is 23.2 Å². The van der Waals surface area contributed by atoms with Crippen molar-refractivity contribution in [2.45, 2.75) is 19.8 Å². The summed E-state index contributed by atoms with van der Waals surface area (Å²) in [6, 6.07) is 4.71. The van der Waals surface area contributed by atoms with E-state index in [1.165, 1.54) is 0 Å². The van der Waals surface area contributed by atoms with E-state index in [2.05, 4.69) is 0 Å². The van der Waals surface area contributed by atoms with E-state index in [-0.39, 0.29) is 5.91 Å². The summed E-state index contributed by atoms with van der Waals surface area (Å²) >= 11 is 11.8. The summed E-state index contributed by atoms with van der Waals surface area (Å²) < 4.78 is 0. The van der Waals surface area contributed by atoms with Crippen LogP contribution in [0.3, 0.4) is 0 Å². The zero-order chi connectivity index (χ0) is 14.9. The zero-order valence-electron chi connectivity index (χ0n) is 11.0. The van der Waals surface area contributed by atoms with Crippen LogP contribution in [0.5, 0.6) is 0 Å². The van der Waals surface area contributed by atoms with E-state index in [0.29, 0.717) is 41.5 Å². The van der Waals surface area contributed by atoms with Gasteiger partial charge in [0.2, 0.25) is 0 Å². The maximum Gasteiger partial charge on any atom is 0.309 e. The Bertz CT molecular complexity index is 531. The van der Waals surface area contributed by atoms with Gasteiger partial charge in [0, 0.05) is 28.7 Å². The Labute approximate surface area is 127 Å². The van der Waals surface area contributed by atoms with Crippen LogP contribution < -0.4 is 0 Å². The molecule has 4 nitrogen and oxygen atoms in total. The van der Waals surface area contributed by atoms with E-state index < -0.39 is 11.4 Å². The number of likely N-dealkylation sites (tertiary alicyclic amines) is 1. The standard InChI is InChI=1S/C14H15Cl2NO3/c1-14(13(19)20)2-4-17(5-3-14)12(18)9-6-10(15)8-11(16)7-9/h6-8H,2-5H2,1H3,(H,19,20). The second-order valence-electron chi connectivity index (χ2n) is 5.32. The summed E-state index contributed by atoms with van der Waals surface area (Å²) in [6.07, 6.45) is 0.894. The first-order valence-electron chi connectivity index (χ1n) is 6.31. The third kappa shape index (κ3) is 3.07. The maximum absolute atomic E-state index is 12.3. The molecule has 1 aliphatic heterocycles. The summed E-state index contributed by atoms with van der Waals surface area (Å²) in [4.78, 5) is 25.2. The Balaban J connectivity index is 2.10. The minimum absolute atomic E-state index is 0.165. The average Bonchev–Trinajstić information content (AvgIpc) is 2.37. The lowest BCUT2D eigenvalue weighted by Crippen LogP contribution is -2.45. The number of carboxylic acid groups (broad SMARTS) is 1. The number of carbonyl (C=O) groups is 2. The molecule has 0 bridgehead atoms. The number of carbonyl (C=O) groups excluding carboxylic acids is 1. The number of nitrogens with zero attached hydrogens (tertiary/aromatic N) is 1. The van der Waals surface area contributed by atoms with Crippen molar-refractivity contribution in [2.24, 2.45) is 5.41 Å². The Kier molecular flexibility index (Phi) is 4.25. The van der Waals surface area contributed by atoms with Crippen molar-refractivity contribution in [3.8, 4) is 0 Å². The highest BCUT2D eigenvalue weighted by Crippen LogP contribution is 2.32. The molecule has 108 valence electrons. The SMILES string of the molecule is CC1(C(=O)O)CCN(C(=O)c2cc(Cl)cc(Cl)c2)CC1. The molecule has 0 aliphatic carbocycles. The van der Waals surface area contributed by atoms with Gasteiger partial charge in [-0.15, -0.1) is 0 Å². The van der Waals surface area contributed by atoms with Crippen molar-refractivity contribution in [3.63, 3.8) is 0 Å². The zero-order valence-corrected chi connectivity index (χ0v) is 12.5. The fourth-order valence-electron chi connectivity index (χ4n) is 2.28. The molecular formula is C14H15Cl2NO3. The number of hydrogen-bond acceptors (Lipinski definition) is 2. The molecule has 0 radical (unpaired) electrons. The summed E-state index contributed by atoms with van der Waals surface area (Å²) in [7, 11) is 0. The minimum Gasteiger partial charge on any atom is -0.481 e. The maximum atomic E-state index is 12.3. The lowest BCUT2D eigenvalue weighted by Gasteiger charge is -2.36. The van der Waals surface area contributed by atoms with Gasteiger partial charge in [0.1, 0.15) is 0 Å². The number of carboxylic acids is 1. The Morgan fingerprint density at radius 2 is 1.65 bits per heavy atom. The number of aliphatic carboxylic acids is 1. The molecule has 1 N–H and O–H groups in total. The fraction of sp³-hybridized carbons (Fsp3) is 0.429. The van der Waals surface area contributed by atoms with Gasteiger partial charge in [-0.2, -0.15) is 0 Å². The third-order valence-corrected chi connectivity index (χ3v) is 4.22. The second kappa shape index (κ2) is 5.62. The molecule has 1 aliphatic rings. The van der Waals surface area contributed by atoms with Crippen LogP contribution in [0.25, 0.3) is 0 Å². The van der Waals surface area contributed by atoms with Crippen LogP contribution in [-0.4, -0.2) is 35.0 Å². The topological polar surface area (TPSA) is 57.6 Å². The molecule has 0 aromatic heterocycles. The van der Waals surface area contributed by atoms with Gasteiger partial charge in [-0.05, 0) is 38.0 Å². The molecule has 0 atom stereocenters. The highest BCUT2D eigenvalue weighted by atomic mass is 35.5. The Morgan fingerprint density at radius 3 is 2.10 bits per heavy atom. The number of amides is 1. The average molecular weight is 316 g/mol. The number of rotatable bonds is 2. The molecule has 0 saturated carbocycles. The number of benzene rings is 1.